The Kier molecular flexibility index (Phi) is 8.47. The molecule has 0 aliphatic carbocycles. The smallest absolute Gasteiger partial charge is 0.333 e. The molecule has 0 N–H and O–H groups in total. The van der Waals surface area contributed by atoms with Gasteiger partial charge in [-0.25, -0.2) is 4.79 Å². The third-order valence-corrected chi connectivity index (χ3v) is 4.51. The molecule has 0 amide bonds. The quantitative estimate of drug-likeness (QED) is 0.217. The number of hydrogen-bond acceptors (Lipinski definition) is 3. The summed E-state index contributed by atoms with van der Waals surface area (Å²) < 4.78 is 10.8. The van der Waals surface area contributed by atoms with E-state index in [2.05, 4.69) is 62.2 Å². The summed E-state index contributed by atoms with van der Waals surface area (Å²) in [7, 11) is 0. The van der Waals surface area contributed by atoms with Gasteiger partial charge in [0.2, 0.25) is 0 Å². The van der Waals surface area contributed by atoms with Crippen molar-refractivity contribution < 1.29 is 14.3 Å². The maximum absolute atomic E-state index is 11.5. The van der Waals surface area contributed by atoms with Gasteiger partial charge in [-0.05, 0) is 48.1 Å². The van der Waals surface area contributed by atoms with Gasteiger partial charge in [-0.3, -0.25) is 0 Å². The molecule has 2 rings (SSSR count). The van der Waals surface area contributed by atoms with Crippen LogP contribution in [0.15, 0.2) is 85.2 Å². The molecule has 0 aliphatic rings. The number of ether oxygens (including phenoxy) is 2. The molecule has 3 nitrogen and oxygen atoms in total. The molecule has 2 aromatic rings. The minimum absolute atomic E-state index is 0.339. The minimum atomic E-state index is -0.339. The van der Waals surface area contributed by atoms with Crippen molar-refractivity contribution in [3.8, 4) is 0 Å². The second kappa shape index (κ2) is 11.1. The lowest BCUT2D eigenvalue weighted by Crippen LogP contribution is -2.08. The van der Waals surface area contributed by atoms with E-state index in [9.17, 15) is 4.79 Å². The molecule has 0 saturated heterocycles. The van der Waals surface area contributed by atoms with Gasteiger partial charge < -0.3 is 9.47 Å². The van der Waals surface area contributed by atoms with E-state index in [0.717, 1.165) is 24.0 Å². The van der Waals surface area contributed by atoms with Gasteiger partial charge in [0.15, 0.2) is 0 Å². The Morgan fingerprint density at radius 3 is 1.72 bits per heavy atom. The summed E-state index contributed by atoms with van der Waals surface area (Å²) >= 11 is 0. The van der Waals surface area contributed by atoms with Crippen LogP contribution in [0.3, 0.4) is 0 Å². The molecule has 0 radical (unpaired) electrons. The van der Waals surface area contributed by atoms with Crippen LogP contribution in [-0.4, -0.2) is 19.2 Å². The van der Waals surface area contributed by atoms with Gasteiger partial charge in [0.05, 0.1) is 13.2 Å². The first-order valence-corrected chi connectivity index (χ1v) is 9.81. The zero-order valence-electron chi connectivity index (χ0n) is 17.5. The summed E-state index contributed by atoms with van der Waals surface area (Å²) in [5.74, 6) is 0.306. The van der Waals surface area contributed by atoms with E-state index >= 15 is 0 Å². The van der Waals surface area contributed by atoms with E-state index in [1.165, 1.54) is 16.7 Å². The number of allylic oxidation sites excluding steroid dienone is 1. The summed E-state index contributed by atoms with van der Waals surface area (Å²) in [6.07, 6.45) is 2.37. The van der Waals surface area contributed by atoms with Crippen molar-refractivity contribution in [3.63, 3.8) is 0 Å². The summed E-state index contributed by atoms with van der Waals surface area (Å²) in [5, 5.41) is 0. The van der Waals surface area contributed by atoms with E-state index in [1.807, 2.05) is 13.0 Å². The number of hydrogen-bond donors (Lipinski definition) is 0. The third kappa shape index (κ3) is 7.82. The molecule has 0 saturated carbocycles. The largest absolute Gasteiger partial charge is 0.494 e. The standard InChI is InChI=1S/C26H30O3/c1-19(2)21(5)28-14-12-22-8-6-10-24(16-22)18-25-11-7-9-23(17-25)13-15-29-26(27)20(3)4/h6-11,16-17H,1,3,5,12-15,18H2,2,4H3. The highest BCUT2D eigenvalue weighted by molar-refractivity contribution is 5.86. The highest BCUT2D eigenvalue weighted by Crippen LogP contribution is 2.15. The van der Waals surface area contributed by atoms with E-state index in [0.29, 0.717) is 31.0 Å². The van der Waals surface area contributed by atoms with Crippen molar-refractivity contribution in [1.82, 2.24) is 0 Å². The molecule has 0 atom stereocenters. The zero-order chi connectivity index (χ0) is 21.2. The molecule has 0 spiro atoms. The van der Waals surface area contributed by atoms with E-state index in [1.54, 1.807) is 6.92 Å². The van der Waals surface area contributed by atoms with Crippen LogP contribution in [0.25, 0.3) is 0 Å². The van der Waals surface area contributed by atoms with Gasteiger partial charge in [0, 0.05) is 18.4 Å². The second-order valence-electron chi connectivity index (χ2n) is 7.28. The van der Waals surface area contributed by atoms with E-state index < -0.39 is 0 Å². The van der Waals surface area contributed by atoms with Gasteiger partial charge in [-0.1, -0.05) is 68.3 Å². The highest BCUT2D eigenvalue weighted by Gasteiger charge is 2.05. The fourth-order valence-electron chi connectivity index (χ4n) is 2.83. The monoisotopic (exact) mass is 390 g/mol. The van der Waals surface area contributed by atoms with Crippen LogP contribution in [-0.2, 0) is 33.5 Å². The van der Waals surface area contributed by atoms with Crippen molar-refractivity contribution in [2.45, 2.75) is 33.1 Å². The van der Waals surface area contributed by atoms with Crippen LogP contribution >= 0.6 is 0 Å². The van der Waals surface area contributed by atoms with Crippen LogP contribution in [0.5, 0.6) is 0 Å². The maximum Gasteiger partial charge on any atom is 0.333 e. The fourth-order valence-corrected chi connectivity index (χ4v) is 2.83. The average molecular weight is 391 g/mol. The lowest BCUT2D eigenvalue weighted by atomic mass is 10.00. The number of esters is 1. The predicted molar refractivity (Wildman–Crippen MR) is 119 cm³/mol. The molecule has 2 aromatic carbocycles. The molecule has 0 unspecified atom stereocenters. The van der Waals surface area contributed by atoms with Gasteiger partial charge in [-0.15, -0.1) is 0 Å². The molecule has 0 aromatic heterocycles. The fraction of sp³-hybridized carbons (Fsp3) is 0.269. The van der Waals surface area contributed by atoms with E-state index in [-0.39, 0.29) is 5.97 Å². The van der Waals surface area contributed by atoms with Gasteiger partial charge in [0.1, 0.15) is 5.76 Å². The zero-order valence-corrected chi connectivity index (χ0v) is 17.5. The normalized spacial score (nSPS) is 10.3. The molecule has 152 valence electrons. The molecule has 0 heterocycles. The van der Waals surface area contributed by atoms with Crippen molar-refractivity contribution in [1.29, 1.82) is 0 Å². The Balaban J connectivity index is 1.91. The predicted octanol–water partition coefficient (Wildman–Crippen LogP) is 5.59. The Morgan fingerprint density at radius 2 is 1.24 bits per heavy atom. The summed E-state index contributed by atoms with van der Waals surface area (Å²) in [5.41, 5.74) is 6.16. The first-order chi connectivity index (χ1) is 13.8. The highest BCUT2D eigenvalue weighted by atomic mass is 16.5. The summed E-state index contributed by atoms with van der Waals surface area (Å²) in [6, 6.07) is 16.9. The van der Waals surface area contributed by atoms with Crippen molar-refractivity contribution >= 4 is 5.97 Å². The Hall–Kier alpha value is -3.07. The van der Waals surface area contributed by atoms with Crippen LogP contribution in [0.4, 0.5) is 0 Å². The van der Waals surface area contributed by atoms with Gasteiger partial charge in [0.25, 0.3) is 0 Å². The molecule has 0 fully saturated rings. The van der Waals surface area contributed by atoms with Crippen LogP contribution in [0.1, 0.15) is 36.1 Å². The van der Waals surface area contributed by atoms with Crippen LogP contribution in [0.2, 0.25) is 0 Å². The molecular formula is C26H30O3. The van der Waals surface area contributed by atoms with Gasteiger partial charge >= 0.3 is 5.97 Å². The van der Waals surface area contributed by atoms with Crippen molar-refractivity contribution in [2.75, 3.05) is 13.2 Å². The topological polar surface area (TPSA) is 35.5 Å². The molecule has 29 heavy (non-hydrogen) atoms. The van der Waals surface area contributed by atoms with Crippen molar-refractivity contribution in [3.05, 3.63) is 107 Å². The molecule has 0 bridgehead atoms. The maximum atomic E-state index is 11.5. The molecular weight excluding hydrogens is 360 g/mol. The average Bonchev–Trinajstić information content (AvgIpc) is 2.68. The van der Waals surface area contributed by atoms with Crippen LogP contribution in [0, 0.1) is 0 Å². The third-order valence-electron chi connectivity index (χ3n) is 4.51. The van der Waals surface area contributed by atoms with Gasteiger partial charge in [-0.2, -0.15) is 0 Å². The van der Waals surface area contributed by atoms with Crippen LogP contribution < -0.4 is 0 Å². The Morgan fingerprint density at radius 1 is 0.759 bits per heavy atom. The summed E-state index contributed by atoms with van der Waals surface area (Å²) in [6.45, 7) is 15.8. The number of carbonyl (C=O) groups is 1. The van der Waals surface area contributed by atoms with Crippen molar-refractivity contribution in [2.24, 2.45) is 0 Å². The number of carbonyl (C=O) groups excluding carboxylic acids is 1. The number of benzene rings is 2. The second-order valence-corrected chi connectivity index (χ2v) is 7.28. The first kappa shape index (κ1) is 22.2. The SMILES string of the molecule is C=C(C)C(=C)OCCc1cccc(Cc2cccc(CCOC(=O)C(=C)C)c2)c1. The minimum Gasteiger partial charge on any atom is -0.494 e. The lowest BCUT2D eigenvalue weighted by Gasteiger charge is -2.10. The Bertz CT molecular complexity index is 819. The lowest BCUT2D eigenvalue weighted by molar-refractivity contribution is -0.138. The molecule has 0 aliphatic heterocycles. The summed E-state index contributed by atoms with van der Waals surface area (Å²) in [4.78, 5) is 11.5. The Labute approximate surface area is 174 Å². The molecule has 3 heteroatoms. The first-order valence-electron chi connectivity index (χ1n) is 9.81. The van der Waals surface area contributed by atoms with E-state index in [4.69, 9.17) is 9.47 Å². The number of rotatable bonds is 11.